The van der Waals surface area contributed by atoms with Crippen LogP contribution in [0.25, 0.3) is 0 Å². The zero-order valence-corrected chi connectivity index (χ0v) is 11.4. The Morgan fingerprint density at radius 3 is 2.65 bits per heavy atom. The van der Waals surface area contributed by atoms with E-state index in [9.17, 15) is 5.11 Å². The Hall–Kier alpha value is -2.38. The molecule has 1 N–H and O–H groups in total. The number of aliphatic hydroxyl groups is 1. The number of anilines is 2. The maximum atomic E-state index is 9.89. The molecule has 4 heteroatoms. The van der Waals surface area contributed by atoms with Crippen LogP contribution in [0, 0.1) is 11.3 Å². The van der Waals surface area contributed by atoms with Gasteiger partial charge in [0, 0.05) is 24.0 Å². The van der Waals surface area contributed by atoms with Gasteiger partial charge in [0.1, 0.15) is 5.82 Å². The van der Waals surface area contributed by atoms with Gasteiger partial charge in [-0.2, -0.15) is 5.26 Å². The number of rotatable bonds is 5. The van der Waals surface area contributed by atoms with Gasteiger partial charge in [0.05, 0.1) is 18.6 Å². The largest absolute Gasteiger partial charge is 0.389 e. The van der Waals surface area contributed by atoms with Crippen molar-refractivity contribution >= 4 is 11.5 Å². The van der Waals surface area contributed by atoms with Crippen LogP contribution in [-0.4, -0.2) is 16.6 Å². The lowest BCUT2D eigenvalue weighted by Gasteiger charge is -2.25. The predicted molar refractivity (Wildman–Crippen MR) is 78.5 cm³/mol. The Bertz CT molecular complexity index is 590. The minimum absolute atomic E-state index is 0.394. The molecule has 0 fully saturated rings. The number of benzene rings is 1. The summed E-state index contributed by atoms with van der Waals surface area (Å²) in [5.41, 5.74) is 1.72. The first kappa shape index (κ1) is 14.0. The highest BCUT2D eigenvalue weighted by molar-refractivity contribution is 5.63. The minimum Gasteiger partial charge on any atom is -0.389 e. The summed E-state index contributed by atoms with van der Waals surface area (Å²) in [6.07, 6.45) is 1.49. The van der Waals surface area contributed by atoms with Gasteiger partial charge in [-0.15, -0.1) is 0 Å². The number of nitrogens with zero attached hydrogens (tertiary/aromatic N) is 3. The van der Waals surface area contributed by atoms with E-state index in [1.54, 1.807) is 19.2 Å². The molecular formula is C16H17N3O. The number of pyridine rings is 1. The van der Waals surface area contributed by atoms with Crippen molar-refractivity contribution in [2.45, 2.75) is 19.4 Å². The van der Waals surface area contributed by atoms with Crippen LogP contribution in [0.2, 0.25) is 0 Å². The van der Waals surface area contributed by atoms with Gasteiger partial charge in [0.15, 0.2) is 0 Å². The normalized spacial score (nSPS) is 11.7. The molecule has 0 bridgehead atoms. The summed E-state index contributed by atoms with van der Waals surface area (Å²) < 4.78 is 0. The molecular weight excluding hydrogens is 250 g/mol. The Kier molecular flexibility index (Phi) is 4.70. The Balaban J connectivity index is 2.45. The third-order valence-electron chi connectivity index (χ3n) is 3.04. The van der Waals surface area contributed by atoms with Crippen LogP contribution in [0.5, 0.6) is 0 Å². The lowest BCUT2D eigenvalue weighted by atomic mass is 10.1. The van der Waals surface area contributed by atoms with Crippen LogP contribution in [-0.2, 0) is 0 Å². The number of nitriles is 1. The fraction of sp³-hybridized carbons (Fsp3) is 0.250. The summed E-state index contributed by atoms with van der Waals surface area (Å²) in [5, 5.41) is 18.7. The molecule has 0 amide bonds. The first-order valence-electron chi connectivity index (χ1n) is 6.56. The molecule has 20 heavy (non-hydrogen) atoms. The molecule has 2 aromatic rings. The van der Waals surface area contributed by atoms with Crippen molar-refractivity contribution in [3.05, 3.63) is 54.2 Å². The number of aliphatic hydroxyl groups excluding tert-OH is 1. The highest BCUT2D eigenvalue weighted by Crippen LogP contribution is 2.29. The summed E-state index contributed by atoms with van der Waals surface area (Å²) in [7, 11) is 0. The van der Waals surface area contributed by atoms with Crippen LogP contribution in [0.1, 0.15) is 25.0 Å². The standard InChI is InChI=1S/C16H17N3O/c1-13(20)15-9-5-11-18-16(15)19(12-6-10-17)14-7-3-2-4-8-14/h2-5,7-9,11,13,20H,6,12H2,1H3. The second-order valence-corrected chi connectivity index (χ2v) is 4.49. The molecule has 0 saturated carbocycles. The van der Waals surface area contributed by atoms with Crippen molar-refractivity contribution in [1.29, 1.82) is 5.26 Å². The molecule has 0 spiro atoms. The van der Waals surface area contributed by atoms with Gasteiger partial charge >= 0.3 is 0 Å². The third-order valence-corrected chi connectivity index (χ3v) is 3.04. The summed E-state index contributed by atoms with van der Waals surface area (Å²) >= 11 is 0. The van der Waals surface area contributed by atoms with E-state index < -0.39 is 6.10 Å². The maximum Gasteiger partial charge on any atom is 0.138 e. The molecule has 0 aliphatic carbocycles. The van der Waals surface area contributed by atoms with E-state index in [-0.39, 0.29) is 0 Å². The number of aromatic nitrogens is 1. The highest BCUT2D eigenvalue weighted by Gasteiger charge is 2.16. The fourth-order valence-electron chi connectivity index (χ4n) is 2.09. The third kappa shape index (κ3) is 3.14. The van der Waals surface area contributed by atoms with E-state index in [0.29, 0.717) is 18.8 Å². The van der Waals surface area contributed by atoms with E-state index in [1.165, 1.54) is 0 Å². The predicted octanol–water partition coefficient (Wildman–Crippen LogP) is 3.19. The van der Waals surface area contributed by atoms with Crippen molar-refractivity contribution < 1.29 is 5.11 Å². The summed E-state index contributed by atoms with van der Waals surface area (Å²) in [4.78, 5) is 6.35. The van der Waals surface area contributed by atoms with Crippen molar-refractivity contribution in [1.82, 2.24) is 4.98 Å². The van der Waals surface area contributed by atoms with Crippen LogP contribution >= 0.6 is 0 Å². The van der Waals surface area contributed by atoms with E-state index in [4.69, 9.17) is 5.26 Å². The molecule has 1 aromatic carbocycles. The molecule has 1 atom stereocenters. The number of para-hydroxylation sites is 1. The fourth-order valence-corrected chi connectivity index (χ4v) is 2.09. The molecule has 1 heterocycles. The average molecular weight is 267 g/mol. The molecule has 0 aliphatic heterocycles. The molecule has 2 rings (SSSR count). The molecule has 0 radical (unpaired) electrons. The van der Waals surface area contributed by atoms with Gasteiger partial charge in [-0.05, 0) is 25.1 Å². The topological polar surface area (TPSA) is 60.2 Å². The van der Waals surface area contributed by atoms with Gasteiger partial charge in [0.25, 0.3) is 0 Å². The zero-order valence-electron chi connectivity index (χ0n) is 11.4. The average Bonchev–Trinajstić information content (AvgIpc) is 2.49. The smallest absolute Gasteiger partial charge is 0.138 e. The Labute approximate surface area is 118 Å². The van der Waals surface area contributed by atoms with Crippen molar-refractivity contribution in [3.63, 3.8) is 0 Å². The van der Waals surface area contributed by atoms with E-state index >= 15 is 0 Å². The Morgan fingerprint density at radius 1 is 1.25 bits per heavy atom. The summed E-state index contributed by atoms with van der Waals surface area (Å²) in [6, 6.07) is 15.6. The molecule has 0 saturated heterocycles. The molecule has 102 valence electrons. The van der Waals surface area contributed by atoms with Crippen molar-refractivity contribution in [2.24, 2.45) is 0 Å². The van der Waals surface area contributed by atoms with Crippen molar-refractivity contribution in [2.75, 3.05) is 11.4 Å². The Morgan fingerprint density at radius 2 is 2.00 bits per heavy atom. The molecule has 0 aliphatic rings. The summed E-state index contributed by atoms with van der Waals surface area (Å²) in [5.74, 6) is 0.698. The van der Waals surface area contributed by atoms with Gasteiger partial charge in [-0.1, -0.05) is 24.3 Å². The quantitative estimate of drug-likeness (QED) is 0.903. The minimum atomic E-state index is -0.605. The first-order chi connectivity index (χ1) is 9.74. The van der Waals surface area contributed by atoms with Gasteiger partial charge in [-0.3, -0.25) is 0 Å². The molecule has 1 unspecified atom stereocenters. The van der Waals surface area contributed by atoms with Crippen molar-refractivity contribution in [3.8, 4) is 6.07 Å². The van der Waals surface area contributed by atoms with E-state index in [1.807, 2.05) is 41.3 Å². The molecule has 1 aromatic heterocycles. The second kappa shape index (κ2) is 6.69. The lowest BCUT2D eigenvalue weighted by Crippen LogP contribution is -2.21. The maximum absolute atomic E-state index is 9.89. The van der Waals surface area contributed by atoms with Gasteiger partial charge < -0.3 is 10.0 Å². The van der Waals surface area contributed by atoms with Gasteiger partial charge in [-0.25, -0.2) is 4.98 Å². The van der Waals surface area contributed by atoms with E-state index in [2.05, 4.69) is 11.1 Å². The van der Waals surface area contributed by atoms with Crippen LogP contribution < -0.4 is 4.90 Å². The SMILES string of the molecule is CC(O)c1cccnc1N(CCC#N)c1ccccc1. The van der Waals surface area contributed by atoms with Crippen LogP contribution in [0.3, 0.4) is 0 Å². The lowest BCUT2D eigenvalue weighted by molar-refractivity contribution is 0.199. The monoisotopic (exact) mass is 267 g/mol. The van der Waals surface area contributed by atoms with E-state index in [0.717, 1.165) is 11.3 Å². The summed E-state index contributed by atoms with van der Waals surface area (Å²) in [6.45, 7) is 2.26. The zero-order chi connectivity index (χ0) is 14.4. The van der Waals surface area contributed by atoms with Crippen LogP contribution in [0.4, 0.5) is 11.5 Å². The van der Waals surface area contributed by atoms with Gasteiger partial charge in [0.2, 0.25) is 0 Å². The number of hydrogen-bond donors (Lipinski definition) is 1. The van der Waals surface area contributed by atoms with Crippen LogP contribution in [0.15, 0.2) is 48.7 Å². The highest BCUT2D eigenvalue weighted by atomic mass is 16.3. The number of hydrogen-bond acceptors (Lipinski definition) is 4. The second-order valence-electron chi connectivity index (χ2n) is 4.49. The first-order valence-corrected chi connectivity index (χ1v) is 6.56. The molecule has 4 nitrogen and oxygen atoms in total.